The first-order valence-electron chi connectivity index (χ1n) is 9.60. The number of para-hydroxylation sites is 1. The number of carboxylic acids is 1. The molecule has 0 aliphatic rings. The molecule has 5 heteroatoms. The van der Waals surface area contributed by atoms with Crippen LogP contribution in [0.4, 0.5) is 5.69 Å². The lowest BCUT2D eigenvalue weighted by atomic mass is 9.98. The van der Waals surface area contributed by atoms with E-state index in [1.165, 1.54) is 0 Å². The van der Waals surface area contributed by atoms with E-state index in [4.69, 9.17) is 10.1 Å². The van der Waals surface area contributed by atoms with Crippen LogP contribution in [0.3, 0.4) is 0 Å². The third-order valence-electron chi connectivity index (χ3n) is 4.88. The molecule has 148 valence electrons. The maximum Gasteiger partial charge on any atom is 0.301 e. The molecule has 1 aromatic heterocycles. The monoisotopic (exact) mass is 395 g/mol. The van der Waals surface area contributed by atoms with Gasteiger partial charge in [0.2, 0.25) is 0 Å². The zero-order chi connectivity index (χ0) is 20.9. The van der Waals surface area contributed by atoms with Gasteiger partial charge in [0.25, 0.3) is 0 Å². The Morgan fingerprint density at radius 3 is 2.40 bits per heavy atom. The van der Waals surface area contributed by atoms with Gasteiger partial charge in [0.15, 0.2) is 6.29 Å². The Balaban J connectivity index is 1.70. The van der Waals surface area contributed by atoms with Crippen LogP contribution in [0.5, 0.6) is 0 Å². The van der Waals surface area contributed by atoms with E-state index in [-0.39, 0.29) is 13.0 Å². The number of pyridine rings is 1. The number of nitrogens with zero attached hydrogens (tertiary/aromatic N) is 2. The van der Waals surface area contributed by atoms with Crippen molar-refractivity contribution in [3.8, 4) is 22.4 Å². The Kier molecular flexibility index (Phi) is 5.52. The van der Waals surface area contributed by atoms with Crippen molar-refractivity contribution in [1.82, 2.24) is 4.98 Å². The van der Waals surface area contributed by atoms with Crippen LogP contribution < -0.4 is 0 Å². The number of rotatable bonds is 7. The van der Waals surface area contributed by atoms with Crippen molar-refractivity contribution >= 4 is 28.8 Å². The van der Waals surface area contributed by atoms with Crippen LogP contribution in [0.25, 0.3) is 38.6 Å². The average molecular weight is 395 g/mol. The summed E-state index contributed by atoms with van der Waals surface area (Å²) in [6.07, 6.45) is 0.843. The summed E-state index contributed by atoms with van der Waals surface area (Å²) in [7, 11) is 0. The van der Waals surface area contributed by atoms with Crippen molar-refractivity contribution in [2.45, 2.75) is 6.42 Å². The van der Waals surface area contributed by atoms with Crippen LogP contribution in [0.2, 0.25) is 0 Å². The fraction of sp³-hybridized carbons (Fsp3) is 0.0800. The van der Waals surface area contributed by atoms with Gasteiger partial charge in [-0.05, 0) is 22.6 Å². The van der Waals surface area contributed by atoms with Crippen molar-refractivity contribution in [3.63, 3.8) is 0 Å². The fourth-order valence-corrected chi connectivity index (χ4v) is 3.39. The van der Waals surface area contributed by atoms with Crippen molar-refractivity contribution < 1.29 is 14.7 Å². The second-order valence-electron chi connectivity index (χ2n) is 6.85. The Morgan fingerprint density at radius 1 is 0.933 bits per heavy atom. The molecule has 0 aliphatic heterocycles. The van der Waals surface area contributed by atoms with Gasteiger partial charge in [-0.15, -0.1) is 12.2 Å². The fourth-order valence-electron chi connectivity index (χ4n) is 3.39. The minimum Gasteiger partial charge on any atom is -0.683 e. The van der Waals surface area contributed by atoms with E-state index in [0.29, 0.717) is 5.56 Å². The molecule has 1 heterocycles. The summed E-state index contributed by atoms with van der Waals surface area (Å²) < 4.78 is 0. The summed E-state index contributed by atoms with van der Waals surface area (Å²) in [4.78, 5) is 26.9. The highest BCUT2D eigenvalue weighted by molar-refractivity contribution is 5.95. The number of carboxylic acid groups (broad SMARTS) is 1. The molecular weight excluding hydrogens is 376 g/mol. The van der Waals surface area contributed by atoms with Crippen LogP contribution in [0, 0.1) is 0 Å². The summed E-state index contributed by atoms with van der Waals surface area (Å²) in [5.74, 6) is -0.872. The molecule has 5 nitrogen and oxygen atoms in total. The van der Waals surface area contributed by atoms with Crippen molar-refractivity contribution in [3.05, 3.63) is 89.7 Å². The molecule has 0 saturated carbocycles. The van der Waals surface area contributed by atoms with Gasteiger partial charge in [0.05, 0.1) is 11.2 Å². The highest BCUT2D eigenvalue weighted by atomic mass is 16.4. The van der Waals surface area contributed by atoms with E-state index in [1.807, 2.05) is 72.8 Å². The number of carbonyl (C=O) groups excluding carboxylic acids is 1. The van der Waals surface area contributed by atoms with E-state index < -0.39 is 5.97 Å². The Morgan fingerprint density at radius 2 is 1.63 bits per heavy atom. The van der Waals surface area contributed by atoms with Crippen LogP contribution >= 0.6 is 0 Å². The second kappa shape index (κ2) is 8.57. The molecule has 0 unspecified atom stereocenters. The topological polar surface area (TPSA) is 81.4 Å². The van der Waals surface area contributed by atoms with Crippen molar-refractivity contribution in [2.75, 3.05) is 6.54 Å². The number of hydrogen-bond acceptors (Lipinski definition) is 3. The van der Waals surface area contributed by atoms with Gasteiger partial charge < -0.3 is 10.4 Å². The number of aromatic nitrogens is 1. The van der Waals surface area contributed by atoms with Crippen LogP contribution in [0.15, 0.2) is 78.9 Å². The molecule has 0 fully saturated rings. The third-order valence-corrected chi connectivity index (χ3v) is 4.88. The number of benzene rings is 3. The third kappa shape index (κ3) is 4.05. The minimum atomic E-state index is -0.872. The SMILES string of the molecule is O=Cc1ccccc1-c1ccc(-c2cc([N-]CCC(=O)O)c3ccccc3n2)cc1. The lowest BCUT2D eigenvalue weighted by Gasteiger charge is -2.23. The van der Waals surface area contributed by atoms with Crippen LogP contribution in [-0.4, -0.2) is 28.9 Å². The smallest absolute Gasteiger partial charge is 0.301 e. The molecule has 0 aliphatic carbocycles. The van der Waals surface area contributed by atoms with Gasteiger partial charge in [-0.2, -0.15) is 0 Å². The van der Waals surface area contributed by atoms with Gasteiger partial charge in [-0.1, -0.05) is 72.8 Å². The highest BCUT2D eigenvalue weighted by Gasteiger charge is 2.07. The first-order chi connectivity index (χ1) is 14.7. The van der Waals surface area contributed by atoms with E-state index in [0.717, 1.165) is 45.3 Å². The summed E-state index contributed by atoms with van der Waals surface area (Å²) in [6, 6.07) is 24.9. The predicted octanol–water partition coefficient (Wildman–Crippen LogP) is 5.86. The van der Waals surface area contributed by atoms with Crippen LogP contribution in [0.1, 0.15) is 16.8 Å². The molecule has 0 saturated heterocycles. The number of carbonyl (C=O) groups is 2. The number of aldehydes is 1. The van der Waals surface area contributed by atoms with E-state index >= 15 is 0 Å². The molecule has 0 amide bonds. The normalized spacial score (nSPS) is 10.7. The standard InChI is InChI=1S/C25H20N2O3/c28-16-19-5-1-2-6-20(19)17-9-11-18(12-10-17)23-15-24(26-14-13-25(29)30)21-7-3-4-8-22(21)27-23/h1-12,15-16H,13-14H2,(H2,26,27,29,30)/p-1. The number of aliphatic carboxylic acids is 1. The second-order valence-corrected chi connectivity index (χ2v) is 6.85. The first-order valence-corrected chi connectivity index (χ1v) is 9.60. The Bertz CT molecular complexity index is 1220. The summed E-state index contributed by atoms with van der Waals surface area (Å²) in [5.41, 5.74) is 5.70. The van der Waals surface area contributed by atoms with E-state index in [1.54, 1.807) is 6.07 Å². The van der Waals surface area contributed by atoms with E-state index in [2.05, 4.69) is 5.32 Å². The molecule has 0 radical (unpaired) electrons. The molecule has 0 spiro atoms. The summed E-state index contributed by atoms with van der Waals surface area (Å²) in [5, 5.41) is 14.3. The molecule has 30 heavy (non-hydrogen) atoms. The Labute approximate surface area is 174 Å². The quantitative estimate of drug-likeness (QED) is 0.397. The summed E-state index contributed by atoms with van der Waals surface area (Å²) in [6.45, 7) is 0.212. The summed E-state index contributed by atoms with van der Waals surface area (Å²) >= 11 is 0. The van der Waals surface area contributed by atoms with Gasteiger partial charge in [-0.25, -0.2) is 4.98 Å². The zero-order valence-electron chi connectivity index (χ0n) is 16.2. The molecule has 4 rings (SSSR count). The lowest BCUT2D eigenvalue weighted by Crippen LogP contribution is -1.97. The van der Waals surface area contributed by atoms with E-state index in [9.17, 15) is 9.59 Å². The minimum absolute atomic E-state index is 0.0170. The number of hydrogen-bond donors (Lipinski definition) is 1. The molecule has 0 bridgehead atoms. The maximum atomic E-state index is 11.3. The van der Waals surface area contributed by atoms with Crippen LogP contribution in [-0.2, 0) is 4.79 Å². The Hall–Kier alpha value is -3.99. The molecular formula is C25H19N2O3-. The zero-order valence-corrected chi connectivity index (χ0v) is 16.2. The van der Waals surface area contributed by atoms with Gasteiger partial charge in [-0.3, -0.25) is 9.59 Å². The van der Waals surface area contributed by atoms with Gasteiger partial charge >= 0.3 is 5.97 Å². The van der Waals surface area contributed by atoms with Gasteiger partial charge in [0, 0.05) is 17.5 Å². The largest absolute Gasteiger partial charge is 0.683 e. The van der Waals surface area contributed by atoms with Crippen molar-refractivity contribution in [2.24, 2.45) is 0 Å². The molecule has 0 atom stereocenters. The number of fused-ring (bicyclic) bond motifs is 1. The van der Waals surface area contributed by atoms with Gasteiger partial charge in [0.1, 0.15) is 0 Å². The highest BCUT2D eigenvalue weighted by Crippen LogP contribution is 2.34. The molecule has 4 aromatic rings. The van der Waals surface area contributed by atoms with Crippen molar-refractivity contribution in [1.29, 1.82) is 0 Å². The average Bonchev–Trinajstić information content (AvgIpc) is 2.78. The predicted molar refractivity (Wildman–Crippen MR) is 118 cm³/mol. The lowest BCUT2D eigenvalue weighted by molar-refractivity contribution is -0.136. The first kappa shape index (κ1) is 19.3. The maximum absolute atomic E-state index is 11.3. The molecule has 3 aromatic carbocycles. The molecule has 1 N–H and O–H groups in total.